The van der Waals surface area contributed by atoms with E-state index >= 15 is 0 Å². The number of rotatable bonds is 4. The Kier molecular flexibility index (Phi) is 7.75. The molecule has 15 rings (SSSR count). The lowest BCUT2D eigenvalue weighted by atomic mass is 9.93. The predicted molar refractivity (Wildman–Crippen MR) is 287 cm³/mol. The number of para-hydroxylation sites is 2. The van der Waals surface area contributed by atoms with Crippen molar-refractivity contribution >= 4 is 108 Å². The minimum atomic E-state index is 0.704. The molecule has 3 aromatic heterocycles. The topological polar surface area (TPSA) is 35.6 Å². The number of aromatic nitrogens is 4. The van der Waals surface area contributed by atoms with Crippen molar-refractivity contribution in [1.82, 2.24) is 19.1 Å². The zero-order valence-electron chi connectivity index (χ0n) is 36.7. The highest BCUT2D eigenvalue weighted by atomic mass is 15.0. The second kappa shape index (κ2) is 14.2. The van der Waals surface area contributed by atoms with Crippen LogP contribution < -0.4 is 0 Å². The van der Waals surface area contributed by atoms with Crippen LogP contribution in [0.1, 0.15) is 0 Å². The Morgan fingerprint density at radius 1 is 0.279 bits per heavy atom. The van der Waals surface area contributed by atoms with Crippen LogP contribution >= 0.6 is 0 Å². The van der Waals surface area contributed by atoms with E-state index in [1.807, 2.05) is 0 Å². The quantitative estimate of drug-likeness (QED) is 0.165. The number of hydrogen-bond acceptors (Lipinski definition) is 2. The number of benzene rings is 12. The molecular weight excluding hydrogens is 825 g/mol. The van der Waals surface area contributed by atoms with Crippen LogP contribution in [-0.4, -0.2) is 19.1 Å². The van der Waals surface area contributed by atoms with E-state index in [1.54, 1.807) is 0 Å². The van der Waals surface area contributed by atoms with Crippen molar-refractivity contribution in [2.75, 3.05) is 0 Å². The largest absolute Gasteiger partial charge is 0.309 e. The Morgan fingerprint density at radius 2 is 0.882 bits per heavy atom. The lowest BCUT2D eigenvalue weighted by molar-refractivity contribution is 1.17. The van der Waals surface area contributed by atoms with Crippen LogP contribution in [0.15, 0.2) is 231 Å². The van der Waals surface area contributed by atoms with E-state index in [9.17, 15) is 0 Å². The van der Waals surface area contributed by atoms with E-state index in [-0.39, 0.29) is 0 Å². The zero-order valence-corrected chi connectivity index (χ0v) is 36.7. The molecule has 0 radical (unpaired) electrons. The minimum absolute atomic E-state index is 0.704. The summed E-state index contributed by atoms with van der Waals surface area (Å²) < 4.78 is 4.94. The lowest BCUT2D eigenvalue weighted by Gasteiger charge is -2.14. The third kappa shape index (κ3) is 5.31. The molecule has 0 aliphatic carbocycles. The summed E-state index contributed by atoms with van der Waals surface area (Å²) in [5, 5.41) is 18.3. The zero-order chi connectivity index (χ0) is 44.5. The summed E-state index contributed by atoms with van der Waals surface area (Å²) in [5.74, 6) is 0.704. The highest BCUT2D eigenvalue weighted by Crippen LogP contribution is 2.44. The van der Waals surface area contributed by atoms with Crippen LogP contribution in [0.4, 0.5) is 0 Å². The van der Waals surface area contributed by atoms with Gasteiger partial charge in [0.05, 0.1) is 39.0 Å². The fraction of sp³-hybridized carbons (Fsp3) is 0. The summed E-state index contributed by atoms with van der Waals surface area (Å²) >= 11 is 0. The molecule has 0 aliphatic heterocycles. The smallest absolute Gasteiger partial charge is 0.160 e. The molecule has 0 aliphatic rings. The standard InChI is InChI=1S/C64H38N4/c1-2-17-41-38-60-54(36-40(41)16-1)62-57(29-14-30-58(62)68-56-28-12-10-26-52(56)61-45-20-4-3-15-39(45)32-34-59(61)68)67(60)44-19-13-18-42(35-44)63-51-25-9-11-27-55(51)65-64(66-63)43-31-33-50-48-23-6-5-21-46(48)47-22-7-8-24-49(47)53(50)37-43/h1-38H. The van der Waals surface area contributed by atoms with Gasteiger partial charge in [-0.15, -0.1) is 0 Å². The van der Waals surface area contributed by atoms with E-state index in [0.29, 0.717) is 5.82 Å². The molecule has 12 aromatic carbocycles. The maximum atomic E-state index is 5.48. The van der Waals surface area contributed by atoms with Crippen molar-refractivity contribution in [1.29, 1.82) is 0 Å². The summed E-state index contributed by atoms with van der Waals surface area (Å²) in [5.41, 5.74) is 10.7. The first-order valence-corrected chi connectivity index (χ1v) is 23.3. The normalized spacial score (nSPS) is 12.1. The molecule has 0 bridgehead atoms. The van der Waals surface area contributed by atoms with Gasteiger partial charge in [-0.1, -0.05) is 170 Å². The van der Waals surface area contributed by atoms with Crippen LogP contribution in [0.5, 0.6) is 0 Å². The molecule has 0 fully saturated rings. The molecule has 0 N–H and O–H groups in total. The number of nitrogens with zero attached hydrogens (tertiary/aromatic N) is 4. The van der Waals surface area contributed by atoms with Crippen molar-refractivity contribution in [3.05, 3.63) is 231 Å². The Morgan fingerprint density at radius 3 is 1.68 bits per heavy atom. The molecule has 3 heterocycles. The highest BCUT2D eigenvalue weighted by Gasteiger charge is 2.22. The molecule has 0 saturated carbocycles. The maximum absolute atomic E-state index is 5.48. The number of fused-ring (bicyclic) bond motifs is 16. The molecule has 0 atom stereocenters. The van der Waals surface area contributed by atoms with Gasteiger partial charge < -0.3 is 9.13 Å². The second-order valence-electron chi connectivity index (χ2n) is 18.1. The SMILES string of the molecule is c1cc(-c2nc(-c3ccc4c5ccccc5c5ccccc5c4c3)nc3ccccc23)cc(-n2c3cc4ccccc4cc3c3c(-n4c5ccccc5c5c6ccccc6ccc54)cccc32)c1. The molecule has 4 heteroatoms. The van der Waals surface area contributed by atoms with Crippen LogP contribution in [0, 0.1) is 0 Å². The van der Waals surface area contributed by atoms with Crippen LogP contribution in [0.25, 0.3) is 142 Å². The van der Waals surface area contributed by atoms with Gasteiger partial charge in [0.2, 0.25) is 0 Å². The van der Waals surface area contributed by atoms with Gasteiger partial charge in [-0.25, -0.2) is 9.97 Å². The third-order valence-electron chi connectivity index (χ3n) is 14.4. The Hall–Kier alpha value is -9.12. The molecule has 0 unspecified atom stereocenters. The molecule has 0 saturated heterocycles. The van der Waals surface area contributed by atoms with Gasteiger partial charge in [-0.3, -0.25) is 0 Å². The van der Waals surface area contributed by atoms with Gasteiger partial charge >= 0.3 is 0 Å². The first-order valence-electron chi connectivity index (χ1n) is 23.3. The average molecular weight is 863 g/mol. The van der Waals surface area contributed by atoms with Gasteiger partial charge in [0.15, 0.2) is 5.82 Å². The van der Waals surface area contributed by atoms with E-state index in [2.05, 4.69) is 240 Å². The van der Waals surface area contributed by atoms with Crippen LogP contribution in [0.3, 0.4) is 0 Å². The van der Waals surface area contributed by atoms with Crippen LogP contribution in [0.2, 0.25) is 0 Å². The Bertz CT molecular complexity index is 4590. The Labute approximate surface area is 390 Å². The van der Waals surface area contributed by atoms with Gasteiger partial charge in [0, 0.05) is 43.7 Å². The fourth-order valence-electron chi connectivity index (χ4n) is 11.5. The monoisotopic (exact) mass is 862 g/mol. The first kappa shape index (κ1) is 37.1. The second-order valence-corrected chi connectivity index (χ2v) is 18.1. The van der Waals surface area contributed by atoms with Crippen molar-refractivity contribution in [3.8, 4) is 34.0 Å². The van der Waals surface area contributed by atoms with E-state index in [1.165, 1.54) is 86.4 Å². The lowest BCUT2D eigenvalue weighted by Crippen LogP contribution is -1.98. The van der Waals surface area contributed by atoms with E-state index < -0.39 is 0 Å². The Balaban J connectivity index is 0.967. The van der Waals surface area contributed by atoms with Crippen molar-refractivity contribution in [2.45, 2.75) is 0 Å². The average Bonchev–Trinajstić information content (AvgIpc) is 3.92. The summed E-state index contributed by atoms with van der Waals surface area (Å²) in [6, 6.07) is 83.9. The van der Waals surface area contributed by atoms with E-state index in [0.717, 1.165) is 50.1 Å². The third-order valence-corrected chi connectivity index (χ3v) is 14.4. The van der Waals surface area contributed by atoms with Gasteiger partial charge in [0.1, 0.15) is 0 Å². The van der Waals surface area contributed by atoms with Crippen LogP contribution in [-0.2, 0) is 0 Å². The van der Waals surface area contributed by atoms with Gasteiger partial charge in [-0.2, -0.15) is 0 Å². The first-order chi connectivity index (χ1) is 33.7. The minimum Gasteiger partial charge on any atom is -0.309 e. The summed E-state index contributed by atoms with van der Waals surface area (Å²) in [7, 11) is 0. The molecule has 4 nitrogen and oxygen atoms in total. The summed E-state index contributed by atoms with van der Waals surface area (Å²) in [4.78, 5) is 10.7. The van der Waals surface area contributed by atoms with Gasteiger partial charge in [-0.05, 0) is 115 Å². The summed E-state index contributed by atoms with van der Waals surface area (Å²) in [6.45, 7) is 0. The van der Waals surface area contributed by atoms with Crippen molar-refractivity contribution < 1.29 is 0 Å². The van der Waals surface area contributed by atoms with Gasteiger partial charge in [0.25, 0.3) is 0 Å². The molecular formula is C64H38N4. The number of hydrogen-bond donors (Lipinski definition) is 0. The highest BCUT2D eigenvalue weighted by molar-refractivity contribution is 6.26. The van der Waals surface area contributed by atoms with Crippen molar-refractivity contribution in [3.63, 3.8) is 0 Å². The molecule has 314 valence electrons. The molecule has 68 heavy (non-hydrogen) atoms. The molecule has 0 spiro atoms. The fourth-order valence-corrected chi connectivity index (χ4v) is 11.5. The molecule has 0 amide bonds. The molecule has 15 aromatic rings. The maximum Gasteiger partial charge on any atom is 0.160 e. The van der Waals surface area contributed by atoms with E-state index in [4.69, 9.17) is 9.97 Å². The van der Waals surface area contributed by atoms with Crippen molar-refractivity contribution in [2.24, 2.45) is 0 Å². The summed E-state index contributed by atoms with van der Waals surface area (Å²) in [6.07, 6.45) is 0. The predicted octanol–water partition coefficient (Wildman–Crippen LogP) is 16.9.